The standard InChI is InChI=1S/C12H9ClN2OS/c1-6-3-8(7(2)16-6)10-4-9-11(17-10)12(13)15-5-14-9/h3-5H,1-2H3. The van der Waals surface area contributed by atoms with Crippen molar-refractivity contribution >= 4 is 33.2 Å². The summed E-state index contributed by atoms with van der Waals surface area (Å²) in [6.45, 7) is 3.90. The van der Waals surface area contributed by atoms with Gasteiger partial charge in [-0.2, -0.15) is 0 Å². The van der Waals surface area contributed by atoms with Crippen LogP contribution in [0.2, 0.25) is 5.15 Å². The van der Waals surface area contributed by atoms with Gasteiger partial charge in [-0.15, -0.1) is 11.3 Å². The molecule has 3 aromatic rings. The monoisotopic (exact) mass is 264 g/mol. The van der Waals surface area contributed by atoms with Gasteiger partial charge in [0.05, 0.1) is 10.2 Å². The summed E-state index contributed by atoms with van der Waals surface area (Å²) in [5, 5.41) is 0.504. The molecule has 0 N–H and O–H groups in total. The summed E-state index contributed by atoms with van der Waals surface area (Å²) in [5.41, 5.74) is 1.98. The normalized spacial score (nSPS) is 11.2. The number of thiophene rings is 1. The molecule has 0 unspecified atom stereocenters. The molecular weight excluding hydrogens is 256 g/mol. The molecule has 3 nitrogen and oxygen atoms in total. The first kappa shape index (κ1) is 10.7. The second kappa shape index (κ2) is 3.82. The Kier molecular flexibility index (Phi) is 2.42. The Labute approximate surface area is 107 Å². The largest absolute Gasteiger partial charge is 0.466 e. The third kappa shape index (κ3) is 1.73. The van der Waals surface area contributed by atoms with Crippen LogP contribution < -0.4 is 0 Å². The summed E-state index contributed by atoms with van der Waals surface area (Å²) >= 11 is 7.63. The van der Waals surface area contributed by atoms with Crippen LogP contribution in [0.4, 0.5) is 0 Å². The molecule has 3 rings (SSSR count). The molecule has 0 saturated carbocycles. The lowest BCUT2D eigenvalue weighted by Crippen LogP contribution is -1.76. The molecule has 0 bridgehead atoms. The molecule has 0 amide bonds. The Morgan fingerprint density at radius 3 is 2.71 bits per heavy atom. The number of rotatable bonds is 1. The molecule has 0 fully saturated rings. The third-order valence-electron chi connectivity index (χ3n) is 2.57. The van der Waals surface area contributed by atoms with Crippen LogP contribution in [0.1, 0.15) is 11.5 Å². The van der Waals surface area contributed by atoms with Crippen molar-refractivity contribution in [2.24, 2.45) is 0 Å². The maximum Gasteiger partial charge on any atom is 0.150 e. The molecule has 0 radical (unpaired) electrons. The van der Waals surface area contributed by atoms with Crippen molar-refractivity contribution in [1.29, 1.82) is 0 Å². The predicted molar refractivity (Wildman–Crippen MR) is 69.6 cm³/mol. The Morgan fingerprint density at radius 2 is 2.06 bits per heavy atom. The first-order valence-electron chi connectivity index (χ1n) is 5.12. The van der Waals surface area contributed by atoms with Gasteiger partial charge in [0, 0.05) is 10.4 Å². The van der Waals surface area contributed by atoms with Crippen molar-refractivity contribution in [1.82, 2.24) is 9.97 Å². The highest BCUT2D eigenvalue weighted by Gasteiger charge is 2.13. The van der Waals surface area contributed by atoms with E-state index in [4.69, 9.17) is 16.0 Å². The molecule has 86 valence electrons. The van der Waals surface area contributed by atoms with Gasteiger partial charge >= 0.3 is 0 Å². The molecular formula is C12H9ClN2OS. The minimum atomic E-state index is 0.504. The van der Waals surface area contributed by atoms with E-state index in [9.17, 15) is 0 Å². The highest BCUT2D eigenvalue weighted by atomic mass is 35.5. The van der Waals surface area contributed by atoms with E-state index >= 15 is 0 Å². The van der Waals surface area contributed by atoms with E-state index in [1.807, 2.05) is 26.0 Å². The number of hydrogen-bond acceptors (Lipinski definition) is 4. The van der Waals surface area contributed by atoms with Gasteiger partial charge in [0.2, 0.25) is 0 Å². The van der Waals surface area contributed by atoms with Crippen LogP contribution in [-0.2, 0) is 0 Å². The quantitative estimate of drug-likeness (QED) is 0.618. The number of aromatic nitrogens is 2. The highest BCUT2D eigenvalue weighted by Crippen LogP contribution is 2.37. The Bertz CT molecular complexity index is 702. The summed E-state index contributed by atoms with van der Waals surface area (Å²) in [6, 6.07) is 4.05. The predicted octanol–water partition coefficient (Wildman–Crippen LogP) is 4.22. The van der Waals surface area contributed by atoms with E-state index < -0.39 is 0 Å². The van der Waals surface area contributed by atoms with Crippen LogP contribution in [0.5, 0.6) is 0 Å². The van der Waals surface area contributed by atoms with E-state index in [0.717, 1.165) is 32.2 Å². The van der Waals surface area contributed by atoms with E-state index in [1.54, 1.807) is 11.3 Å². The zero-order valence-electron chi connectivity index (χ0n) is 9.32. The fourth-order valence-corrected chi connectivity index (χ4v) is 3.15. The van der Waals surface area contributed by atoms with Gasteiger partial charge in [0.25, 0.3) is 0 Å². The summed E-state index contributed by atoms with van der Waals surface area (Å²) in [5.74, 6) is 1.82. The van der Waals surface area contributed by atoms with Crippen LogP contribution in [0, 0.1) is 13.8 Å². The van der Waals surface area contributed by atoms with Gasteiger partial charge in [0.1, 0.15) is 23.0 Å². The Morgan fingerprint density at radius 1 is 1.24 bits per heavy atom. The van der Waals surface area contributed by atoms with Gasteiger partial charge in [-0.3, -0.25) is 0 Å². The summed E-state index contributed by atoms with van der Waals surface area (Å²) in [4.78, 5) is 9.30. The number of aryl methyl sites for hydroxylation is 2. The van der Waals surface area contributed by atoms with Gasteiger partial charge in [-0.25, -0.2) is 9.97 Å². The molecule has 5 heteroatoms. The van der Waals surface area contributed by atoms with Crippen molar-refractivity contribution in [2.75, 3.05) is 0 Å². The Hall–Kier alpha value is -1.39. The molecule has 17 heavy (non-hydrogen) atoms. The van der Waals surface area contributed by atoms with Gasteiger partial charge < -0.3 is 4.42 Å². The fourth-order valence-electron chi connectivity index (χ4n) is 1.83. The minimum absolute atomic E-state index is 0.504. The molecule has 0 saturated heterocycles. The lowest BCUT2D eigenvalue weighted by molar-refractivity contribution is 0.505. The lowest BCUT2D eigenvalue weighted by Gasteiger charge is -1.90. The van der Waals surface area contributed by atoms with Crippen LogP contribution in [-0.4, -0.2) is 9.97 Å². The van der Waals surface area contributed by atoms with Crippen LogP contribution in [0.3, 0.4) is 0 Å². The zero-order chi connectivity index (χ0) is 12.0. The first-order chi connectivity index (χ1) is 8.15. The van der Waals surface area contributed by atoms with Crippen molar-refractivity contribution in [3.63, 3.8) is 0 Å². The van der Waals surface area contributed by atoms with Crippen molar-refractivity contribution in [2.45, 2.75) is 13.8 Å². The maximum atomic E-state index is 6.04. The van der Waals surface area contributed by atoms with Crippen molar-refractivity contribution in [3.05, 3.63) is 35.1 Å². The van der Waals surface area contributed by atoms with Gasteiger partial charge in [-0.05, 0) is 26.0 Å². The zero-order valence-corrected chi connectivity index (χ0v) is 10.9. The molecule has 3 heterocycles. The molecule has 0 aromatic carbocycles. The molecule has 0 aliphatic carbocycles. The second-order valence-electron chi connectivity index (χ2n) is 3.82. The fraction of sp³-hybridized carbons (Fsp3) is 0.167. The molecule has 0 atom stereocenters. The molecule has 0 spiro atoms. The highest BCUT2D eigenvalue weighted by molar-refractivity contribution is 7.22. The average molecular weight is 265 g/mol. The van der Waals surface area contributed by atoms with Crippen LogP contribution in [0.15, 0.2) is 22.9 Å². The van der Waals surface area contributed by atoms with E-state index in [2.05, 4.69) is 9.97 Å². The maximum absolute atomic E-state index is 6.04. The topological polar surface area (TPSA) is 38.9 Å². The second-order valence-corrected chi connectivity index (χ2v) is 5.23. The molecule has 0 aliphatic heterocycles. The average Bonchev–Trinajstić information content (AvgIpc) is 2.82. The number of furan rings is 1. The van der Waals surface area contributed by atoms with E-state index in [1.165, 1.54) is 6.33 Å². The third-order valence-corrected chi connectivity index (χ3v) is 4.14. The van der Waals surface area contributed by atoms with E-state index in [0.29, 0.717) is 5.15 Å². The minimum Gasteiger partial charge on any atom is -0.466 e. The molecule has 0 aliphatic rings. The Balaban J connectivity index is 2.25. The van der Waals surface area contributed by atoms with Gasteiger partial charge in [0.15, 0.2) is 0 Å². The number of nitrogens with zero attached hydrogens (tertiary/aromatic N) is 2. The lowest BCUT2D eigenvalue weighted by atomic mass is 10.2. The van der Waals surface area contributed by atoms with E-state index in [-0.39, 0.29) is 0 Å². The van der Waals surface area contributed by atoms with Gasteiger partial charge in [-0.1, -0.05) is 11.6 Å². The SMILES string of the molecule is Cc1cc(-c2cc3ncnc(Cl)c3s2)c(C)o1. The summed E-state index contributed by atoms with van der Waals surface area (Å²) < 4.78 is 6.45. The number of fused-ring (bicyclic) bond motifs is 1. The van der Waals surface area contributed by atoms with Crippen LogP contribution in [0.25, 0.3) is 20.7 Å². The van der Waals surface area contributed by atoms with Crippen LogP contribution >= 0.6 is 22.9 Å². The molecule has 3 aromatic heterocycles. The number of halogens is 1. The van der Waals surface area contributed by atoms with Crippen molar-refractivity contribution < 1.29 is 4.42 Å². The smallest absolute Gasteiger partial charge is 0.150 e. The number of hydrogen-bond donors (Lipinski definition) is 0. The summed E-state index contributed by atoms with van der Waals surface area (Å²) in [6.07, 6.45) is 1.48. The summed E-state index contributed by atoms with van der Waals surface area (Å²) in [7, 11) is 0. The first-order valence-corrected chi connectivity index (χ1v) is 6.32. The van der Waals surface area contributed by atoms with Crippen molar-refractivity contribution in [3.8, 4) is 10.4 Å².